The number of nitrogens with two attached hydrogens (primary N) is 1. The van der Waals surface area contributed by atoms with Crippen molar-refractivity contribution in [3.63, 3.8) is 0 Å². The highest BCUT2D eigenvalue weighted by atomic mass is 16.6. The van der Waals surface area contributed by atoms with Crippen LogP contribution in [0.3, 0.4) is 0 Å². The fourth-order valence-electron chi connectivity index (χ4n) is 3.50. The van der Waals surface area contributed by atoms with Crippen LogP contribution in [-0.2, 0) is 6.42 Å². The van der Waals surface area contributed by atoms with Crippen molar-refractivity contribution in [3.05, 3.63) is 39.9 Å². The van der Waals surface area contributed by atoms with Gasteiger partial charge in [-0.05, 0) is 38.3 Å². The van der Waals surface area contributed by atoms with E-state index in [-0.39, 0.29) is 10.6 Å². The van der Waals surface area contributed by atoms with E-state index in [4.69, 9.17) is 5.73 Å². The second-order valence-electron chi connectivity index (χ2n) is 5.76. The van der Waals surface area contributed by atoms with Gasteiger partial charge in [0.05, 0.1) is 4.92 Å². The highest BCUT2D eigenvalue weighted by molar-refractivity contribution is 5.39. The van der Waals surface area contributed by atoms with E-state index in [2.05, 4.69) is 11.8 Å². The molecule has 0 saturated heterocycles. The summed E-state index contributed by atoms with van der Waals surface area (Å²) in [6.45, 7) is 4.74. The van der Waals surface area contributed by atoms with Gasteiger partial charge in [-0.3, -0.25) is 10.1 Å². The Morgan fingerprint density at radius 2 is 2.14 bits per heavy atom. The number of hydrogen-bond acceptors (Lipinski definition) is 4. The number of likely N-dealkylation sites (N-methyl/N-ethyl adjacent to an activating group) is 1. The highest BCUT2D eigenvalue weighted by Gasteiger charge is 2.30. The first-order chi connectivity index (χ1) is 10.2. The molecule has 0 aliphatic heterocycles. The molecule has 1 fully saturated rings. The zero-order chi connectivity index (χ0) is 15.2. The molecule has 2 atom stereocenters. The molecule has 0 amide bonds. The predicted molar refractivity (Wildman–Crippen MR) is 84.2 cm³/mol. The summed E-state index contributed by atoms with van der Waals surface area (Å²) < 4.78 is 0. The van der Waals surface area contributed by atoms with E-state index in [0.717, 1.165) is 31.6 Å². The molecule has 0 bridgehead atoms. The molecule has 2 rings (SSSR count). The summed E-state index contributed by atoms with van der Waals surface area (Å²) in [5, 5.41) is 11.1. The molecule has 1 aliphatic rings. The van der Waals surface area contributed by atoms with Crippen LogP contribution in [0.15, 0.2) is 24.3 Å². The summed E-state index contributed by atoms with van der Waals surface area (Å²) in [6.07, 6.45) is 4.38. The normalized spacial score (nSPS) is 21.9. The fraction of sp³-hybridized carbons (Fsp3) is 0.625. The number of nitro groups is 1. The first-order valence-corrected chi connectivity index (χ1v) is 7.83. The first kappa shape index (κ1) is 15.9. The molecule has 0 aromatic heterocycles. The van der Waals surface area contributed by atoms with Gasteiger partial charge in [-0.1, -0.05) is 31.5 Å². The van der Waals surface area contributed by atoms with Crippen LogP contribution in [0.1, 0.15) is 31.7 Å². The van der Waals surface area contributed by atoms with Gasteiger partial charge in [-0.2, -0.15) is 0 Å². The molecule has 0 radical (unpaired) electrons. The summed E-state index contributed by atoms with van der Waals surface area (Å²) in [5.41, 5.74) is 6.93. The van der Waals surface area contributed by atoms with Gasteiger partial charge in [0.2, 0.25) is 0 Å². The highest BCUT2D eigenvalue weighted by Crippen LogP contribution is 2.29. The Bertz CT molecular complexity index is 478. The summed E-state index contributed by atoms with van der Waals surface area (Å²) in [6, 6.07) is 7.59. The van der Waals surface area contributed by atoms with Gasteiger partial charge in [0.15, 0.2) is 0 Å². The minimum atomic E-state index is -0.288. The van der Waals surface area contributed by atoms with Crippen molar-refractivity contribution < 1.29 is 4.92 Å². The number of hydrogen-bond donors (Lipinski definition) is 1. The van der Waals surface area contributed by atoms with Crippen LogP contribution in [0.5, 0.6) is 0 Å². The summed E-state index contributed by atoms with van der Waals surface area (Å²) >= 11 is 0. The Labute approximate surface area is 126 Å². The summed E-state index contributed by atoms with van der Waals surface area (Å²) in [7, 11) is 0. The van der Waals surface area contributed by atoms with E-state index < -0.39 is 0 Å². The molecule has 21 heavy (non-hydrogen) atoms. The maximum absolute atomic E-state index is 11.1. The zero-order valence-electron chi connectivity index (χ0n) is 12.7. The molecule has 2 N–H and O–H groups in total. The lowest BCUT2D eigenvalue weighted by Gasteiger charge is -2.31. The third-order valence-electron chi connectivity index (χ3n) is 4.65. The lowest BCUT2D eigenvalue weighted by Crippen LogP contribution is -2.41. The third-order valence-corrected chi connectivity index (χ3v) is 4.65. The Morgan fingerprint density at radius 3 is 2.81 bits per heavy atom. The lowest BCUT2D eigenvalue weighted by atomic mass is 10.0. The van der Waals surface area contributed by atoms with Crippen molar-refractivity contribution in [1.82, 2.24) is 4.90 Å². The maximum Gasteiger partial charge on any atom is 0.272 e. The van der Waals surface area contributed by atoms with Crippen LogP contribution in [0, 0.1) is 16.0 Å². The number of benzene rings is 1. The molecule has 1 aliphatic carbocycles. The molecule has 0 heterocycles. The van der Waals surface area contributed by atoms with E-state index in [9.17, 15) is 10.1 Å². The van der Waals surface area contributed by atoms with E-state index in [1.807, 2.05) is 12.1 Å². The quantitative estimate of drug-likeness (QED) is 0.619. The van der Waals surface area contributed by atoms with Crippen LogP contribution in [0.2, 0.25) is 0 Å². The first-order valence-electron chi connectivity index (χ1n) is 7.83. The smallest absolute Gasteiger partial charge is 0.272 e. The molecule has 2 unspecified atom stereocenters. The Kier molecular flexibility index (Phi) is 5.70. The molecular formula is C16H25N3O2. The van der Waals surface area contributed by atoms with Gasteiger partial charge in [0.1, 0.15) is 0 Å². The molecule has 116 valence electrons. The third kappa shape index (κ3) is 3.80. The average molecular weight is 291 g/mol. The van der Waals surface area contributed by atoms with Gasteiger partial charge in [0.25, 0.3) is 5.69 Å². The van der Waals surface area contributed by atoms with Gasteiger partial charge in [-0.25, -0.2) is 0 Å². The average Bonchev–Trinajstić information content (AvgIpc) is 2.96. The Morgan fingerprint density at radius 1 is 1.38 bits per heavy atom. The Balaban J connectivity index is 2.02. The second kappa shape index (κ2) is 7.52. The standard InChI is InChI=1S/C16H25N3O2/c1-2-18(15-9-5-7-14(15)12-17)11-10-13-6-3-4-8-16(13)19(20)21/h3-4,6,8,14-15H,2,5,7,9-12,17H2,1H3. The van der Waals surface area contributed by atoms with Crippen molar-refractivity contribution in [2.24, 2.45) is 11.7 Å². The van der Waals surface area contributed by atoms with Crippen LogP contribution in [0.4, 0.5) is 5.69 Å². The van der Waals surface area contributed by atoms with Crippen molar-refractivity contribution in [2.45, 2.75) is 38.6 Å². The Hall–Kier alpha value is -1.46. The van der Waals surface area contributed by atoms with Crippen LogP contribution in [-0.4, -0.2) is 35.5 Å². The summed E-state index contributed by atoms with van der Waals surface area (Å²) in [5.74, 6) is 0.579. The molecule has 5 nitrogen and oxygen atoms in total. The van der Waals surface area contributed by atoms with Crippen LogP contribution >= 0.6 is 0 Å². The lowest BCUT2D eigenvalue weighted by molar-refractivity contribution is -0.385. The number of nitro benzene ring substituents is 1. The van der Waals surface area contributed by atoms with Gasteiger partial charge in [0, 0.05) is 24.2 Å². The van der Waals surface area contributed by atoms with Crippen molar-refractivity contribution in [2.75, 3.05) is 19.6 Å². The van der Waals surface area contributed by atoms with E-state index >= 15 is 0 Å². The summed E-state index contributed by atoms with van der Waals surface area (Å²) in [4.78, 5) is 13.2. The molecule has 1 aromatic carbocycles. The van der Waals surface area contributed by atoms with E-state index in [1.165, 1.54) is 19.3 Å². The minimum Gasteiger partial charge on any atom is -0.330 e. The molecule has 1 saturated carbocycles. The number of para-hydroxylation sites is 1. The zero-order valence-corrected chi connectivity index (χ0v) is 12.7. The largest absolute Gasteiger partial charge is 0.330 e. The molecule has 5 heteroatoms. The molecule has 1 aromatic rings. The number of nitrogens with zero attached hydrogens (tertiary/aromatic N) is 2. The topological polar surface area (TPSA) is 72.4 Å². The van der Waals surface area contributed by atoms with Crippen LogP contribution < -0.4 is 5.73 Å². The minimum absolute atomic E-state index is 0.232. The maximum atomic E-state index is 11.1. The SMILES string of the molecule is CCN(CCc1ccccc1[N+](=O)[O-])C1CCCC1CN. The predicted octanol–water partition coefficient (Wildman–Crippen LogP) is 2.59. The molecular weight excluding hydrogens is 266 g/mol. The van der Waals surface area contributed by atoms with E-state index in [1.54, 1.807) is 12.1 Å². The van der Waals surface area contributed by atoms with E-state index in [0.29, 0.717) is 12.0 Å². The van der Waals surface area contributed by atoms with Gasteiger partial charge in [-0.15, -0.1) is 0 Å². The van der Waals surface area contributed by atoms with Crippen molar-refractivity contribution in [1.29, 1.82) is 0 Å². The fourth-order valence-corrected chi connectivity index (χ4v) is 3.50. The monoisotopic (exact) mass is 291 g/mol. The van der Waals surface area contributed by atoms with Crippen LogP contribution in [0.25, 0.3) is 0 Å². The van der Waals surface area contributed by atoms with Gasteiger partial charge >= 0.3 is 0 Å². The number of rotatable bonds is 7. The van der Waals surface area contributed by atoms with Gasteiger partial charge < -0.3 is 10.6 Å². The van der Waals surface area contributed by atoms with Crippen molar-refractivity contribution >= 4 is 5.69 Å². The molecule has 0 spiro atoms. The van der Waals surface area contributed by atoms with Crippen molar-refractivity contribution in [3.8, 4) is 0 Å². The second-order valence-corrected chi connectivity index (χ2v) is 5.76.